The first kappa shape index (κ1) is 12.1. The van der Waals surface area contributed by atoms with Crippen LogP contribution in [0.1, 0.15) is 30.9 Å². The third kappa shape index (κ3) is 2.30. The van der Waals surface area contributed by atoms with Crippen molar-refractivity contribution in [2.75, 3.05) is 5.73 Å². The fourth-order valence-corrected chi connectivity index (χ4v) is 1.64. The van der Waals surface area contributed by atoms with Crippen LogP contribution in [0.25, 0.3) is 11.4 Å². The van der Waals surface area contributed by atoms with Gasteiger partial charge in [0.25, 0.3) is 0 Å². The Morgan fingerprint density at radius 2 is 1.89 bits per heavy atom. The first-order valence-electron chi connectivity index (χ1n) is 5.74. The molecule has 2 aromatic rings. The van der Waals surface area contributed by atoms with Gasteiger partial charge in [0.15, 0.2) is 5.82 Å². The lowest BCUT2D eigenvalue weighted by Gasteiger charge is -2.06. The molecule has 0 spiro atoms. The number of benzene rings is 1. The summed E-state index contributed by atoms with van der Waals surface area (Å²) >= 11 is 0. The summed E-state index contributed by atoms with van der Waals surface area (Å²) in [5, 5.41) is 8.77. The Hall–Kier alpha value is -2.41. The predicted molar refractivity (Wildman–Crippen MR) is 70.7 cm³/mol. The van der Waals surface area contributed by atoms with Gasteiger partial charge in [-0.25, -0.2) is 9.97 Å². The van der Waals surface area contributed by atoms with E-state index in [1.165, 1.54) is 11.8 Å². The Morgan fingerprint density at radius 1 is 1.22 bits per heavy atom. The first-order chi connectivity index (χ1) is 8.61. The second-order valence-electron chi connectivity index (χ2n) is 4.38. The highest BCUT2D eigenvalue weighted by atomic mass is 14.9. The minimum atomic E-state index is 0.218. The van der Waals surface area contributed by atoms with E-state index in [0.717, 1.165) is 5.56 Å². The molecule has 0 aliphatic rings. The topological polar surface area (TPSA) is 75.6 Å². The quantitative estimate of drug-likeness (QED) is 0.872. The molecule has 18 heavy (non-hydrogen) atoms. The zero-order valence-corrected chi connectivity index (χ0v) is 10.4. The van der Waals surface area contributed by atoms with E-state index in [0.29, 0.717) is 17.3 Å². The lowest BCUT2D eigenvalue weighted by molar-refractivity contribution is 0.867. The Kier molecular flexibility index (Phi) is 3.24. The van der Waals surface area contributed by atoms with Crippen LogP contribution in [0.4, 0.5) is 5.82 Å². The van der Waals surface area contributed by atoms with Crippen molar-refractivity contribution in [1.29, 1.82) is 5.26 Å². The average Bonchev–Trinajstić information content (AvgIpc) is 2.38. The second-order valence-corrected chi connectivity index (χ2v) is 4.38. The van der Waals surface area contributed by atoms with E-state index < -0.39 is 0 Å². The average molecular weight is 238 g/mol. The Labute approximate surface area is 106 Å². The molecular formula is C14H14N4. The van der Waals surface area contributed by atoms with Gasteiger partial charge in [-0.2, -0.15) is 5.26 Å². The minimum Gasteiger partial charge on any atom is -0.382 e. The van der Waals surface area contributed by atoms with Gasteiger partial charge in [-0.3, -0.25) is 0 Å². The molecule has 0 radical (unpaired) electrons. The molecule has 0 atom stereocenters. The highest BCUT2D eigenvalue weighted by Crippen LogP contribution is 2.21. The molecule has 0 amide bonds. The Balaban J connectivity index is 2.37. The van der Waals surface area contributed by atoms with Crippen molar-refractivity contribution >= 4 is 5.82 Å². The molecule has 1 heterocycles. The summed E-state index contributed by atoms with van der Waals surface area (Å²) in [4.78, 5) is 8.27. The molecule has 0 saturated heterocycles. The SMILES string of the molecule is CC(C)c1ccc(-c2ncc(C#N)c(N)n2)cc1. The summed E-state index contributed by atoms with van der Waals surface area (Å²) in [5.41, 5.74) is 8.14. The van der Waals surface area contributed by atoms with Crippen molar-refractivity contribution in [2.45, 2.75) is 19.8 Å². The maximum Gasteiger partial charge on any atom is 0.161 e. The van der Waals surface area contributed by atoms with Crippen molar-refractivity contribution in [3.63, 3.8) is 0 Å². The lowest BCUT2D eigenvalue weighted by Crippen LogP contribution is -1.99. The van der Waals surface area contributed by atoms with E-state index in [1.54, 1.807) is 0 Å². The van der Waals surface area contributed by atoms with Crippen molar-refractivity contribution in [3.8, 4) is 17.5 Å². The van der Waals surface area contributed by atoms with E-state index in [4.69, 9.17) is 11.0 Å². The summed E-state index contributed by atoms with van der Waals surface area (Å²) in [6, 6.07) is 9.99. The molecule has 90 valence electrons. The maximum atomic E-state index is 8.77. The minimum absolute atomic E-state index is 0.218. The molecular weight excluding hydrogens is 224 g/mol. The van der Waals surface area contributed by atoms with Crippen LogP contribution >= 0.6 is 0 Å². The van der Waals surface area contributed by atoms with E-state index in [1.807, 2.05) is 18.2 Å². The molecule has 0 unspecified atom stereocenters. The fraction of sp³-hybridized carbons (Fsp3) is 0.214. The normalized spacial score (nSPS) is 10.3. The Morgan fingerprint density at radius 3 is 2.39 bits per heavy atom. The molecule has 1 aromatic heterocycles. The largest absolute Gasteiger partial charge is 0.382 e. The van der Waals surface area contributed by atoms with Gasteiger partial charge in [0, 0.05) is 5.56 Å². The molecule has 2 N–H and O–H groups in total. The predicted octanol–water partition coefficient (Wildman–Crippen LogP) is 2.72. The molecule has 4 heteroatoms. The monoisotopic (exact) mass is 238 g/mol. The lowest BCUT2D eigenvalue weighted by atomic mass is 10.0. The summed E-state index contributed by atoms with van der Waals surface area (Å²) in [5.74, 6) is 1.25. The Bertz CT molecular complexity index is 594. The van der Waals surface area contributed by atoms with Gasteiger partial charge in [-0.15, -0.1) is 0 Å². The highest BCUT2D eigenvalue weighted by molar-refractivity contribution is 5.59. The zero-order valence-electron chi connectivity index (χ0n) is 10.4. The summed E-state index contributed by atoms with van der Waals surface area (Å²) in [7, 11) is 0. The number of anilines is 1. The van der Waals surface area contributed by atoms with E-state index in [2.05, 4.69) is 35.9 Å². The van der Waals surface area contributed by atoms with Gasteiger partial charge in [0.05, 0.1) is 6.20 Å². The molecule has 0 fully saturated rings. The third-order valence-corrected chi connectivity index (χ3v) is 2.77. The number of rotatable bonds is 2. The number of nitrogens with zero attached hydrogens (tertiary/aromatic N) is 3. The fourth-order valence-electron chi connectivity index (χ4n) is 1.64. The van der Waals surface area contributed by atoms with Gasteiger partial charge in [0.1, 0.15) is 17.5 Å². The number of nitriles is 1. The van der Waals surface area contributed by atoms with Crippen molar-refractivity contribution in [1.82, 2.24) is 9.97 Å². The smallest absolute Gasteiger partial charge is 0.161 e. The molecule has 0 bridgehead atoms. The van der Waals surface area contributed by atoms with Crippen LogP contribution in [0.2, 0.25) is 0 Å². The number of aromatic nitrogens is 2. The van der Waals surface area contributed by atoms with Crippen molar-refractivity contribution in [3.05, 3.63) is 41.6 Å². The number of nitrogen functional groups attached to an aromatic ring is 1. The van der Waals surface area contributed by atoms with E-state index in [-0.39, 0.29) is 5.82 Å². The zero-order chi connectivity index (χ0) is 13.1. The van der Waals surface area contributed by atoms with Crippen molar-refractivity contribution in [2.24, 2.45) is 0 Å². The van der Waals surface area contributed by atoms with Crippen LogP contribution in [-0.4, -0.2) is 9.97 Å². The summed E-state index contributed by atoms with van der Waals surface area (Å²) < 4.78 is 0. The van der Waals surface area contributed by atoms with E-state index in [9.17, 15) is 0 Å². The van der Waals surface area contributed by atoms with Gasteiger partial charge in [-0.05, 0) is 11.5 Å². The van der Waals surface area contributed by atoms with Crippen LogP contribution in [-0.2, 0) is 0 Å². The summed E-state index contributed by atoms with van der Waals surface area (Å²) in [6.07, 6.45) is 1.45. The highest BCUT2D eigenvalue weighted by Gasteiger charge is 2.06. The van der Waals surface area contributed by atoms with Crippen LogP contribution in [0.3, 0.4) is 0 Å². The number of hydrogen-bond acceptors (Lipinski definition) is 4. The molecule has 4 nitrogen and oxygen atoms in total. The number of nitrogens with two attached hydrogens (primary N) is 1. The van der Waals surface area contributed by atoms with Gasteiger partial charge < -0.3 is 5.73 Å². The van der Waals surface area contributed by atoms with Gasteiger partial charge in [0.2, 0.25) is 0 Å². The van der Waals surface area contributed by atoms with Crippen LogP contribution in [0.5, 0.6) is 0 Å². The molecule has 0 aliphatic heterocycles. The van der Waals surface area contributed by atoms with Gasteiger partial charge >= 0.3 is 0 Å². The molecule has 0 aliphatic carbocycles. The maximum absolute atomic E-state index is 8.77. The second kappa shape index (κ2) is 4.84. The van der Waals surface area contributed by atoms with Crippen LogP contribution in [0.15, 0.2) is 30.5 Å². The van der Waals surface area contributed by atoms with Gasteiger partial charge in [-0.1, -0.05) is 38.1 Å². The molecule has 2 rings (SSSR count). The van der Waals surface area contributed by atoms with E-state index >= 15 is 0 Å². The van der Waals surface area contributed by atoms with Crippen LogP contribution < -0.4 is 5.73 Å². The van der Waals surface area contributed by atoms with Crippen molar-refractivity contribution < 1.29 is 0 Å². The molecule has 0 saturated carbocycles. The standard InChI is InChI=1S/C14H14N4/c1-9(2)10-3-5-11(6-4-10)14-17-8-12(7-15)13(16)18-14/h3-6,8-9H,1-2H3,(H2,16,17,18). The molecule has 1 aromatic carbocycles. The third-order valence-electron chi connectivity index (χ3n) is 2.77. The number of hydrogen-bond donors (Lipinski definition) is 1. The summed E-state index contributed by atoms with van der Waals surface area (Å²) in [6.45, 7) is 4.29. The van der Waals surface area contributed by atoms with Crippen LogP contribution in [0, 0.1) is 11.3 Å². The first-order valence-corrected chi connectivity index (χ1v) is 5.74.